The summed E-state index contributed by atoms with van der Waals surface area (Å²) in [6.07, 6.45) is 3.37. The molecule has 2 aromatic heterocycles. The number of nitrogens with zero attached hydrogens (tertiary/aromatic N) is 4. The Morgan fingerprint density at radius 2 is 1.87 bits per heavy atom. The highest BCUT2D eigenvalue weighted by Crippen LogP contribution is 2.34. The summed E-state index contributed by atoms with van der Waals surface area (Å²) in [4.78, 5) is 23.4. The maximum atomic E-state index is 12.7. The van der Waals surface area contributed by atoms with Gasteiger partial charge in [-0.25, -0.2) is 9.78 Å². The monoisotopic (exact) mass is 442 g/mol. The van der Waals surface area contributed by atoms with E-state index in [1.165, 1.54) is 0 Å². The van der Waals surface area contributed by atoms with Crippen LogP contribution in [0.4, 0.5) is 5.69 Å². The first-order valence-electron chi connectivity index (χ1n) is 10.3. The fourth-order valence-corrected chi connectivity index (χ4v) is 4.46. The number of methoxy groups -OCH3 is 1. The molecular weight excluding hydrogens is 420 g/mol. The number of pyridine rings is 1. The SMILES string of the molecule is COc1ccc(Cn2c(=O)nc(Cl)c3ncc(N4CCC5(CC4)OCCO5)cc32)cc1. The van der Waals surface area contributed by atoms with Gasteiger partial charge in [0.25, 0.3) is 0 Å². The summed E-state index contributed by atoms with van der Waals surface area (Å²) in [6.45, 7) is 3.24. The van der Waals surface area contributed by atoms with Crippen LogP contribution in [-0.2, 0) is 16.0 Å². The molecule has 2 aliphatic heterocycles. The fourth-order valence-electron chi connectivity index (χ4n) is 4.24. The highest BCUT2D eigenvalue weighted by Gasteiger charge is 2.39. The molecule has 0 N–H and O–H groups in total. The minimum absolute atomic E-state index is 0.114. The van der Waals surface area contributed by atoms with E-state index in [9.17, 15) is 4.79 Å². The Bertz CT molecular complexity index is 1150. The van der Waals surface area contributed by atoms with Crippen molar-refractivity contribution >= 4 is 28.3 Å². The van der Waals surface area contributed by atoms with Crippen LogP contribution in [0, 0.1) is 0 Å². The van der Waals surface area contributed by atoms with Crippen molar-refractivity contribution in [1.29, 1.82) is 0 Å². The van der Waals surface area contributed by atoms with Gasteiger partial charge in [0.2, 0.25) is 0 Å². The molecule has 31 heavy (non-hydrogen) atoms. The van der Waals surface area contributed by atoms with Crippen LogP contribution in [0.15, 0.2) is 41.3 Å². The first kappa shape index (κ1) is 20.2. The molecule has 0 radical (unpaired) electrons. The van der Waals surface area contributed by atoms with Crippen molar-refractivity contribution in [1.82, 2.24) is 14.5 Å². The normalized spacial score (nSPS) is 18.1. The second-order valence-electron chi connectivity index (χ2n) is 7.78. The molecule has 0 atom stereocenters. The first-order chi connectivity index (χ1) is 15.1. The minimum Gasteiger partial charge on any atom is -0.497 e. The second-order valence-corrected chi connectivity index (χ2v) is 8.13. The number of aromatic nitrogens is 3. The van der Waals surface area contributed by atoms with Crippen LogP contribution in [0.25, 0.3) is 11.0 Å². The molecule has 1 aromatic carbocycles. The van der Waals surface area contributed by atoms with Gasteiger partial charge in [0.05, 0.1) is 44.3 Å². The lowest BCUT2D eigenvalue weighted by atomic mass is 10.0. The highest BCUT2D eigenvalue weighted by molar-refractivity contribution is 6.33. The molecule has 0 aliphatic carbocycles. The van der Waals surface area contributed by atoms with E-state index >= 15 is 0 Å². The van der Waals surface area contributed by atoms with E-state index in [-0.39, 0.29) is 5.15 Å². The van der Waals surface area contributed by atoms with E-state index < -0.39 is 11.5 Å². The molecular formula is C22H23ClN4O4. The number of hydrogen-bond acceptors (Lipinski definition) is 7. The molecule has 0 amide bonds. The van der Waals surface area contributed by atoms with E-state index in [4.69, 9.17) is 25.8 Å². The van der Waals surface area contributed by atoms with Crippen molar-refractivity contribution in [3.05, 3.63) is 57.7 Å². The Balaban J connectivity index is 1.48. The lowest BCUT2D eigenvalue weighted by Gasteiger charge is -2.38. The maximum Gasteiger partial charge on any atom is 0.349 e. The van der Waals surface area contributed by atoms with Gasteiger partial charge in [-0.1, -0.05) is 23.7 Å². The lowest BCUT2D eigenvalue weighted by Crippen LogP contribution is -2.45. The maximum absolute atomic E-state index is 12.7. The van der Waals surface area contributed by atoms with Crippen molar-refractivity contribution in [3.63, 3.8) is 0 Å². The van der Waals surface area contributed by atoms with Crippen molar-refractivity contribution < 1.29 is 14.2 Å². The summed E-state index contributed by atoms with van der Waals surface area (Å²) < 4.78 is 18.5. The summed E-state index contributed by atoms with van der Waals surface area (Å²) in [5, 5.41) is 0.114. The summed E-state index contributed by atoms with van der Waals surface area (Å²) in [7, 11) is 1.62. The molecule has 2 fully saturated rings. The van der Waals surface area contributed by atoms with E-state index in [1.54, 1.807) is 17.9 Å². The molecule has 9 heteroatoms. The second kappa shape index (κ2) is 8.11. The van der Waals surface area contributed by atoms with Gasteiger partial charge in [-0.2, -0.15) is 4.98 Å². The Kier molecular flexibility index (Phi) is 5.29. The van der Waals surface area contributed by atoms with Crippen LogP contribution < -0.4 is 15.3 Å². The average Bonchev–Trinajstić information content (AvgIpc) is 3.25. The first-order valence-corrected chi connectivity index (χ1v) is 10.7. The van der Waals surface area contributed by atoms with Gasteiger partial charge in [-0.15, -0.1) is 0 Å². The van der Waals surface area contributed by atoms with Gasteiger partial charge in [0.15, 0.2) is 10.9 Å². The van der Waals surface area contributed by atoms with E-state index in [0.717, 1.165) is 42.9 Å². The third kappa shape index (κ3) is 3.86. The Labute approximate surface area is 184 Å². The van der Waals surface area contributed by atoms with Crippen molar-refractivity contribution in [3.8, 4) is 5.75 Å². The number of hydrogen-bond donors (Lipinski definition) is 0. The number of anilines is 1. The lowest BCUT2D eigenvalue weighted by molar-refractivity contribution is -0.169. The number of halogens is 1. The summed E-state index contributed by atoms with van der Waals surface area (Å²) in [5.41, 5.74) is 2.65. The quantitative estimate of drug-likeness (QED) is 0.575. The van der Waals surface area contributed by atoms with Crippen molar-refractivity contribution in [2.45, 2.75) is 25.2 Å². The molecule has 2 aliphatic rings. The molecule has 0 saturated carbocycles. The van der Waals surface area contributed by atoms with E-state index in [0.29, 0.717) is 30.8 Å². The highest BCUT2D eigenvalue weighted by atomic mass is 35.5. The Hall–Kier alpha value is -2.68. The Morgan fingerprint density at radius 1 is 1.16 bits per heavy atom. The number of piperidine rings is 1. The predicted molar refractivity (Wildman–Crippen MR) is 117 cm³/mol. The van der Waals surface area contributed by atoms with Gasteiger partial charge in [-0.05, 0) is 23.8 Å². The number of benzene rings is 1. The third-order valence-electron chi connectivity index (χ3n) is 5.97. The topological polar surface area (TPSA) is 78.7 Å². The van der Waals surface area contributed by atoms with Crippen LogP contribution in [0.2, 0.25) is 5.15 Å². The van der Waals surface area contributed by atoms with Crippen LogP contribution >= 0.6 is 11.6 Å². The Morgan fingerprint density at radius 3 is 2.55 bits per heavy atom. The van der Waals surface area contributed by atoms with E-state index in [2.05, 4.69) is 14.9 Å². The van der Waals surface area contributed by atoms with E-state index in [1.807, 2.05) is 30.3 Å². The molecule has 1 spiro atoms. The van der Waals surface area contributed by atoms with Crippen molar-refractivity contribution in [2.24, 2.45) is 0 Å². The van der Waals surface area contributed by atoms with Crippen LogP contribution in [0.5, 0.6) is 5.75 Å². The van der Waals surface area contributed by atoms with Crippen LogP contribution in [0.3, 0.4) is 0 Å². The zero-order valence-corrected chi connectivity index (χ0v) is 18.0. The van der Waals surface area contributed by atoms with Gasteiger partial charge in [0.1, 0.15) is 11.3 Å². The fraction of sp³-hybridized carbons (Fsp3) is 0.409. The van der Waals surface area contributed by atoms with Crippen LogP contribution in [-0.4, -0.2) is 53.7 Å². The molecule has 162 valence electrons. The zero-order valence-electron chi connectivity index (χ0n) is 17.2. The van der Waals surface area contributed by atoms with Gasteiger partial charge in [-0.3, -0.25) is 4.57 Å². The smallest absolute Gasteiger partial charge is 0.349 e. The zero-order chi connectivity index (χ0) is 21.4. The molecule has 3 aromatic rings. The number of fused-ring (bicyclic) bond motifs is 1. The van der Waals surface area contributed by atoms with Gasteiger partial charge >= 0.3 is 5.69 Å². The largest absolute Gasteiger partial charge is 0.497 e. The minimum atomic E-state index is -0.440. The number of ether oxygens (including phenoxy) is 3. The third-order valence-corrected chi connectivity index (χ3v) is 6.23. The number of rotatable bonds is 4. The molecule has 8 nitrogen and oxygen atoms in total. The predicted octanol–water partition coefficient (Wildman–Crippen LogP) is 2.85. The van der Waals surface area contributed by atoms with Gasteiger partial charge < -0.3 is 19.1 Å². The standard InChI is InChI=1S/C22H23ClN4O4/c1-29-17-4-2-15(3-5-17)14-27-18-12-16(13-24-19(18)20(23)25-21(27)28)26-8-6-22(7-9-26)30-10-11-31-22/h2-5,12-13H,6-11,14H2,1H3. The van der Waals surface area contributed by atoms with Crippen LogP contribution in [0.1, 0.15) is 18.4 Å². The molecule has 2 saturated heterocycles. The molecule has 5 rings (SSSR count). The molecule has 4 heterocycles. The summed E-state index contributed by atoms with van der Waals surface area (Å²) in [5.74, 6) is 0.321. The molecule has 0 unspecified atom stereocenters. The average molecular weight is 443 g/mol. The summed E-state index contributed by atoms with van der Waals surface area (Å²) in [6, 6.07) is 9.55. The summed E-state index contributed by atoms with van der Waals surface area (Å²) >= 11 is 6.25. The molecule has 0 bridgehead atoms. The van der Waals surface area contributed by atoms with Gasteiger partial charge in [0, 0.05) is 25.9 Å². The van der Waals surface area contributed by atoms with Crippen molar-refractivity contribution in [2.75, 3.05) is 38.3 Å².